The van der Waals surface area contributed by atoms with Crippen molar-refractivity contribution in [3.05, 3.63) is 125 Å². The van der Waals surface area contributed by atoms with Crippen LogP contribution in [0.15, 0.2) is 80.0 Å². The third-order valence-electron chi connectivity index (χ3n) is 7.78. The van der Waals surface area contributed by atoms with Gasteiger partial charge in [0.1, 0.15) is 11.5 Å². The molecule has 43 heavy (non-hydrogen) atoms. The lowest BCUT2D eigenvalue weighted by atomic mass is 10.1. The number of nitriles is 2. The van der Waals surface area contributed by atoms with Crippen molar-refractivity contribution in [3.63, 3.8) is 0 Å². The fourth-order valence-electron chi connectivity index (χ4n) is 5.42. The summed E-state index contributed by atoms with van der Waals surface area (Å²) in [7, 11) is 2.83. The average molecular weight is 579 g/mol. The van der Waals surface area contributed by atoms with Gasteiger partial charge in [-0.25, -0.2) is 9.59 Å². The lowest BCUT2D eigenvalue weighted by molar-refractivity contribution is 0.509. The number of piperidine rings is 1. The molecule has 0 saturated carbocycles. The van der Waals surface area contributed by atoms with Gasteiger partial charge in [-0.2, -0.15) is 10.5 Å². The molecule has 5 rings (SSSR count). The molecule has 2 aromatic carbocycles. The third kappa shape index (κ3) is 5.76. The molecule has 1 aliphatic rings. The minimum absolute atomic E-state index is 0.107. The van der Waals surface area contributed by atoms with Crippen molar-refractivity contribution in [3.8, 4) is 12.1 Å². The molecular weight excluding hydrogens is 548 g/mol. The lowest BCUT2D eigenvalue weighted by Gasteiger charge is -2.36. The highest BCUT2D eigenvalue weighted by Gasteiger charge is 2.25. The van der Waals surface area contributed by atoms with E-state index in [1.165, 1.54) is 35.5 Å². The van der Waals surface area contributed by atoms with Crippen molar-refractivity contribution in [2.45, 2.75) is 32.0 Å². The highest BCUT2D eigenvalue weighted by molar-refractivity contribution is 5.46. The standard InChI is InChI=1S/C31H30N8O4/c1-35-28(40)14-27(39(31(35)43)18-24-11-6-4-9-22(24)16-33)37-13-7-12-25(19-37)34-26-20-38(30(42)36(2)29(26)41)17-23-10-5-3-8-21(23)15-32/h3-6,8-11,14,20,25,34H,7,12-13,17-19H2,1-2H3/t25-/m1/s1. The van der Waals surface area contributed by atoms with E-state index in [-0.39, 0.29) is 24.8 Å². The topological polar surface area (TPSA) is 151 Å². The van der Waals surface area contributed by atoms with E-state index >= 15 is 0 Å². The van der Waals surface area contributed by atoms with Crippen molar-refractivity contribution in [2.24, 2.45) is 14.1 Å². The van der Waals surface area contributed by atoms with Gasteiger partial charge in [0.2, 0.25) is 0 Å². The molecule has 218 valence electrons. The molecule has 12 heteroatoms. The van der Waals surface area contributed by atoms with Crippen LogP contribution >= 0.6 is 0 Å². The van der Waals surface area contributed by atoms with Crippen LogP contribution in [0.3, 0.4) is 0 Å². The summed E-state index contributed by atoms with van der Waals surface area (Å²) in [6.45, 7) is 1.18. The molecule has 0 aliphatic carbocycles. The molecule has 3 heterocycles. The molecule has 0 spiro atoms. The van der Waals surface area contributed by atoms with Gasteiger partial charge in [0.15, 0.2) is 0 Å². The summed E-state index contributed by atoms with van der Waals surface area (Å²) in [5.41, 5.74) is 0.495. The Morgan fingerprint density at radius 2 is 1.49 bits per heavy atom. The summed E-state index contributed by atoms with van der Waals surface area (Å²) < 4.78 is 4.95. The fraction of sp³-hybridized carbons (Fsp3) is 0.290. The zero-order valence-electron chi connectivity index (χ0n) is 23.9. The number of aromatic nitrogens is 4. The molecule has 1 atom stereocenters. The van der Waals surface area contributed by atoms with Crippen molar-refractivity contribution in [2.75, 3.05) is 23.3 Å². The lowest BCUT2D eigenvalue weighted by Crippen LogP contribution is -2.48. The molecule has 0 bridgehead atoms. The zero-order chi connectivity index (χ0) is 30.7. The first-order valence-electron chi connectivity index (χ1n) is 13.8. The van der Waals surface area contributed by atoms with Crippen LogP contribution in [0.5, 0.6) is 0 Å². The van der Waals surface area contributed by atoms with E-state index in [1.807, 2.05) is 4.90 Å². The van der Waals surface area contributed by atoms with E-state index in [1.54, 1.807) is 48.5 Å². The zero-order valence-corrected chi connectivity index (χ0v) is 23.9. The van der Waals surface area contributed by atoms with E-state index in [0.29, 0.717) is 54.0 Å². The van der Waals surface area contributed by atoms with Gasteiger partial charge >= 0.3 is 11.4 Å². The minimum atomic E-state index is -0.504. The molecule has 4 aromatic rings. The maximum absolute atomic E-state index is 13.3. The Balaban J connectivity index is 1.46. The minimum Gasteiger partial charge on any atom is -0.375 e. The Labute approximate surface area is 246 Å². The number of hydrogen-bond acceptors (Lipinski definition) is 8. The van der Waals surface area contributed by atoms with Crippen molar-refractivity contribution in [1.82, 2.24) is 18.3 Å². The summed E-state index contributed by atoms with van der Waals surface area (Å²) in [5, 5.41) is 22.3. The second-order valence-corrected chi connectivity index (χ2v) is 10.6. The van der Waals surface area contributed by atoms with E-state index < -0.39 is 22.5 Å². The van der Waals surface area contributed by atoms with Gasteiger partial charge in [-0.15, -0.1) is 0 Å². The Hall–Kier alpha value is -5.62. The molecule has 0 amide bonds. The highest BCUT2D eigenvalue weighted by atomic mass is 16.2. The predicted octanol–water partition coefficient (Wildman–Crippen LogP) is 1.33. The Morgan fingerprint density at radius 1 is 0.860 bits per heavy atom. The maximum atomic E-state index is 13.3. The number of rotatable bonds is 7. The molecule has 0 radical (unpaired) electrons. The van der Waals surface area contributed by atoms with Crippen LogP contribution in [0.4, 0.5) is 11.5 Å². The summed E-state index contributed by atoms with van der Waals surface area (Å²) in [6.07, 6.45) is 2.90. The Bertz CT molecular complexity index is 2020. The fourth-order valence-corrected chi connectivity index (χ4v) is 5.42. The number of hydrogen-bond donors (Lipinski definition) is 1. The van der Waals surface area contributed by atoms with Gasteiger partial charge in [-0.05, 0) is 36.1 Å². The highest BCUT2D eigenvalue weighted by Crippen LogP contribution is 2.21. The predicted molar refractivity (Wildman–Crippen MR) is 161 cm³/mol. The maximum Gasteiger partial charge on any atom is 0.332 e. The number of nitrogens with zero attached hydrogens (tertiary/aromatic N) is 7. The quantitative estimate of drug-likeness (QED) is 0.345. The van der Waals surface area contributed by atoms with Crippen LogP contribution in [0, 0.1) is 22.7 Å². The normalized spacial score (nSPS) is 14.6. The molecule has 1 fully saturated rings. The van der Waals surface area contributed by atoms with Gasteiger partial charge in [-0.1, -0.05) is 36.4 Å². The number of benzene rings is 2. The Kier molecular flexibility index (Phi) is 8.12. The van der Waals surface area contributed by atoms with Crippen LogP contribution < -0.4 is 32.7 Å². The average Bonchev–Trinajstić information content (AvgIpc) is 3.03. The van der Waals surface area contributed by atoms with Crippen LogP contribution in [-0.4, -0.2) is 37.4 Å². The van der Waals surface area contributed by atoms with Crippen molar-refractivity contribution in [1.29, 1.82) is 10.5 Å². The summed E-state index contributed by atoms with van der Waals surface area (Å²) in [6, 6.07) is 19.4. The molecule has 2 aromatic heterocycles. The first-order valence-corrected chi connectivity index (χ1v) is 13.8. The summed E-state index contributed by atoms with van der Waals surface area (Å²) >= 11 is 0. The smallest absolute Gasteiger partial charge is 0.332 e. The number of anilines is 2. The molecule has 12 nitrogen and oxygen atoms in total. The molecule has 1 aliphatic heterocycles. The monoisotopic (exact) mass is 578 g/mol. The first kappa shape index (κ1) is 28.9. The molecule has 1 saturated heterocycles. The number of nitrogens with one attached hydrogen (secondary N) is 1. The van der Waals surface area contributed by atoms with Gasteiger partial charge in [0, 0.05) is 45.5 Å². The molecule has 0 unspecified atom stereocenters. The van der Waals surface area contributed by atoms with Crippen LogP contribution in [0.25, 0.3) is 0 Å². The van der Waals surface area contributed by atoms with E-state index in [9.17, 15) is 29.7 Å². The second kappa shape index (κ2) is 12.1. The first-order chi connectivity index (χ1) is 20.7. The van der Waals surface area contributed by atoms with E-state index in [2.05, 4.69) is 17.5 Å². The van der Waals surface area contributed by atoms with Gasteiger partial charge < -0.3 is 10.2 Å². The van der Waals surface area contributed by atoms with Crippen LogP contribution in [0.1, 0.15) is 35.1 Å². The molecular formula is C31H30N8O4. The van der Waals surface area contributed by atoms with Crippen LogP contribution in [-0.2, 0) is 27.2 Å². The van der Waals surface area contributed by atoms with Crippen molar-refractivity contribution >= 4 is 11.5 Å². The van der Waals surface area contributed by atoms with Crippen LogP contribution in [0.2, 0.25) is 0 Å². The SMILES string of the molecule is Cn1c(=O)c(N[C@@H]2CCCN(c3cc(=O)n(C)c(=O)n3Cc3ccccc3C#N)C2)cn(Cc2ccccc2C#N)c1=O. The third-order valence-corrected chi connectivity index (χ3v) is 7.78. The van der Waals surface area contributed by atoms with Gasteiger partial charge in [0.05, 0.1) is 36.4 Å². The molecule has 1 N–H and O–H groups in total. The van der Waals surface area contributed by atoms with E-state index in [0.717, 1.165) is 9.13 Å². The van der Waals surface area contributed by atoms with Gasteiger partial charge in [-0.3, -0.25) is 27.9 Å². The van der Waals surface area contributed by atoms with E-state index in [4.69, 9.17) is 0 Å². The van der Waals surface area contributed by atoms with Crippen molar-refractivity contribution < 1.29 is 0 Å². The van der Waals surface area contributed by atoms with Gasteiger partial charge in [0.25, 0.3) is 11.1 Å². The summed E-state index contributed by atoms with van der Waals surface area (Å²) in [4.78, 5) is 53.9. The Morgan fingerprint density at radius 3 is 2.14 bits per heavy atom. The summed E-state index contributed by atoms with van der Waals surface area (Å²) in [5.74, 6) is 0.429. The largest absolute Gasteiger partial charge is 0.375 e. The second-order valence-electron chi connectivity index (χ2n) is 10.6.